The Morgan fingerprint density at radius 3 is 2.52 bits per heavy atom. The average Bonchev–Trinajstić information content (AvgIpc) is 3.23. The normalized spacial score (nSPS) is 14.5. The van der Waals surface area contributed by atoms with Gasteiger partial charge in [-0.2, -0.15) is 0 Å². The van der Waals surface area contributed by atoms with Crippen molar-refractivity contribution in [3.8, 4) is 0 Å². The number of carbonyl (C=O) groups excluding carboxylic acids is 1. The number of nitrogens with one attached hydrogen (secondary N) is 2. The molecule has 7 heteroatoms. The maximum atomic E-state index is 12.2. The summed E-state index contributed by atoms with van der Waals surface area (Å²) in [6.45, 7) is 13.9. The summed E-state index contributed by atoms with van der Waals surface area (Å²) in [6, 6.07) is 0.314. The van der Waals surface area contributed by atoms with Crippen LogP contribution in [-0.4, -0.2) is 54.8 Å². The van der Waals surface area contributed by atoms with E-state index in [0.29, 0.717) is 25.7 Å². The van der Waals surface area contributed by atoms with Gasteiger partial charge in [0.2, 0.25) is 0 Å². The highest BCUT2D eigenvalue weighted by atomic mass is 127. The summed E-state index contributed by atoms with van der Waals surface area (Å²) in [4.78, 5) is 18.5. The smallest absolute Gasteiger partial charge is 0.410 e. The molecule has 0 aromatic carbocycles. The molecule has 1 saturated carbocycles. The van der Waals surface area contributed by atoms with Crippen molar-refractivity contribution in [3.63, 3.8) is 0 Å². The lowest BCUT2D eigenvalue weighted by molar-refractivity contribution is 0.0240. The van der Waals surface area contributed by atoms with Crippen molar-refractivity contribution in [2.24, 2.45) is 4.99 Å². The molecule has 134 valence electrons. The lowest BCUT2D eigenvalue weighted by Gasteiger charge is -2.27. The first-order valence-electron chi connectivity index (χ1n) is 8.00. The molecule has 6 nitrogen and oxygen atoms in total. The molecule has 0 heterocycles. The van der Waals surface area contributed by atoms with Gasteiger partial charge in [-0.1, -0.05) is 6.08 Å². The van der Waals surface area contributed by atoms with E-state index >= 15 is 0 Å². The van der Waals surface area contributed by atoms with Crippen LogP contribution in [0.15, 0.2) is 17.6 Å². The molecule has 0 bridgehead atoms. The summed E-state index contributed by atoms with van der Waals surface area (Å²) in [5.74, 6) is 0.738. The van der Waals surface area contributed by atoms with Crippen LogP contribution in [0.3, 0.4) is 0 Å². The van der Waals surface area contributed by atoms with Crippen LogP contribution in [0.25, 0.3) is 0 Å². The number of halogens is 1. The van der Waals surface area contributed by atoms with Crippen LogP contribution in [0.2, 0.25) is 0 Å². The zero-order valence-corrected chi connectivity index (χ0v) is 17.1. The van der Waals surface area contributed by atoms with Crippen molar-refractivity contribution < 1.29 is 9.53 Å². The molecule has 0 aliphatic heterocycles. The molecule has 0 aromatic rings. The van der Waals surface area contributed by atoms with E-state index in [0.717, 1.165) is 25.3 Å². The number of carbonyl (C=O) groups is 1. The number of rotatable bonds is 7. The first-order chi connectivity index (χ1) is 10.4. The van der Waals surface area contributed by atoms with Crippen LogP contribution in [0.1, 0.15) is 40.5 Å². The molecule has 1 rings (SSSR count). The van der Waals surface area contributed by atoms with E-state index in [-0.39, 0.29) is 30.1 Å². The van der Waals surface area contributed by atoms with Gasteiger partial charge < -0.3 is 20.3 Å². The number of hydrogen-bond donors (Lipinski definition) is 2. The Kier molecular flexibility index (Phi) is 10.3. The zero-order chi connectivity index (χ0) is 16.6. The molecule has 0 saturated heterocycles. The van der Waals surface area contributed by atoms with Crippen LogP contribution in [0.4, 0.5) is 4.79 Å². The quantitative estimate of drug-likeness (QED) is 0.278. The molecule has 23 heavy (non-hydrogen) atoms. The van der Waals surface area contributed by atoms with Crippen molar-refractivity contribution in [1.29, 1.82) is 0 Å². The van der Waals surface area contributed by atoms with Crippen molar-refractivity contribution in [3.05, 3.63) is 12.7 Å². The number of amides is 1. The highest BCUT2D eigenvalue weighted by molar-refractivity contribution is 14.0. The summed E-state index contributed by atoms with van der Waals surface area (Å²) >= 11 is 0. The Bertz CT molecular complexity index is 403. The second kappa shape index (κ2) is 10.7. The van der Waals surface area contributed by atoms with Crippen LogP contribution in [0.5, 0.6) is 0 Å². The second-order valence-electron chi connectivity index (χ2n) is 6.34. The van der Waals surface area contributed by atoms with Gasteiger partial charge in [0.15, 0.2) is 5.96 Å². The molecule has 2 N–H and O–H groups in total. The van der Waals surface area contributed by atoms with Crippen molar-refractivity contribution in [2.45, 2.75) is 52.2 Å². The van der Waals surface area contributed by atoms with E-state index in [1.165, 1.54) is 0 Å². The Balaban J connectivity index is 0.00000484. The number of aliphatic imine (C=N–C) groups is 1. The van der Waals surface area contributed by atoms with E-state index in [9.17, 15) is 4.79 Å². The van der Waals surface area contributed by atoms with Crippen LogP contribution >= 0.6 is 24.0 Å². The van der Waals surface area contributed by atoms with Gasteiger partial charge in [0.25, 0.3) is 0 Å². The molecular formula is C16H31IN4O2. The molecule has 1 aliphatic rings. The van der Waals surface area contributed by atoms with E-state index in [1.54, 1.807) is 11.0 Å². The lowest BCUT2D eigenvalue weighted by atomic mass is 10.2. The Morgan fingerprint density at radius 1 is 1.39 bits per heavy atom. The van der Waals surface area contributed by atoms with Crippen molar-refractivity contribution >= 4 is 36.0 Å². The third-order valence-corrected chi connectivity index (χ3v) is 2.98. The van der Waals surface area contributed by atoms with Crippen molar-refractivity contribution in [2.75, 3.05) is 26.2 Å². The summed E-state index contributed by atoms with van der Waals surface area (Å²) in [5, 5.41) is 6.30. The predicted octanol–water partition coefficient (Wildman–Crippen LogP) is 2.75. The van der Waals surface area contributed by atoms with Gasteiger partial charge in [0.1, 0.15) is 5.60 Å². The van der Waals surface area contributed by atoms with Crippen LogP contribution in [0, 0.1) is 0 Å². The molecule has 1 fully saturated rings. The van der Waals surface area contributed by atoms with E-state index in [2.05, 4.69) is 22.2 Å². The highest BCUT2D eigenvalue weighted by Crippen LogP contribution is 2.28. The zero-order valence-electron chi connectivity index (χ0n) is 14.7. The fourth-order valence-electron chi connectivity index (χ4n) is 1.91. The summed E-state index contributed by atoms with van der Waals surface area (Å²) in [7, 11) is 0. The number of hydrogen-bond acceptors (Lipinski definition) is 3. The topological polar surface area (TPSA) is 66.0 Å². The Morgan fingerprint density at radius 2 is 2.04 bits per heavy atom. The molecule has 0 spiro atoms. The van der Waals surface area contributed by atoms with E-state index < -0.39 is 5.60 Å². The fraction of sp³-hybridized carbons (Fsp3) is 0.750. The van der Waals surface area contributed by atoms with Gasteiger partial charge >= 0.3 is 6.09 Å². The highest BCUT2D eigenvalue weighted by Gasteiger charge is 2.34. The first-order valence-corrected chi connectivity index (χ1v) is 8.00. The molecule has 0 atom stereocenters. The predicted molar refractivity (Wildman–Crippen MR) is 106 cm³/mol. The van der Waals surface area contributed by atoms with Gasteiger partial charge in [-0.05, 0) is 40.5 Å². The van der Waals surface area contributed by atoms with Crippen LogP contribution < -0.4 is 10.6 Å². The lowest BCUT2D eigenvalue weighted by Crippen LogP contribution is -2.41. The molecule has 0 radical (unpaired) electrons. The van der Waals surface area contributed by atoms with Gasteiger partial charge in [0.05, 0.1) is 6.54 Å². The standard InChI is InChI=1S/C16H30N4O2.HI/c1-6-10-18-14(17-7-2)19-11-12-20(13-8-9-13)15(21)22-16(3,4)5;/h6,13H,1,7-12H2,2-5H3,(H2,17,18,19);1H. The largest absolute Gasteiger partial charge is 0.444 e. The number of nitrogens with zero attached hydrogens (tertiary/aromatic N) is 2. The second-order valence-corrected chi connectivity index (χ2v) is 6.34. The number of ether oxygens (including phenoxy) is 1. The fourth-order valence-corrected chi connectivity index (χ4v) is 1.91. The summed E-state index contributed by atoms with van der Waals surface area (Å²) < 4.78 is 5.47. The Hall–Kier alpha value is -0.990. The van der Waals surface area contributed by atoms with Gasteiger partial charge in [0, 0.05) is 25.7 Å². The molecule has 0 aromatic heterocycles. The van der Waals surface area contributed by atoms with E-state index in [1.807, 2.05) is 27.7 Å². The molecule has 1 amide bonds. The number of guanidine groups is 1. The Labute approximate surface area is 157 Å². The summed E-state index contributed by atoms with van der Waals surface area (Å²) in [6.07, 6.45) is 3.65. The molecular weight excluding hydrogens is 407 g/mol. The third-order valence-electron chi connectivity index (χ3n) is 2.98. The summed E-state index contributed by atoms with van der Waals surface area (Å²) in [5.41, 5.74) is -0.464. The van der Waals surface area contributed by atoms with Crippen LogP contribution in [-0.2, 0) is 4.74 Å². The van der Waals surface area contributed by atoms with E-state index in [4.69, 9.17) is 4.74 Å². The van der Waals surface area contributed by atoms with Crippen molar-refractivity contribution in [1.82, 2.24) is 15.5 Å². The van der Waals surface area contributed by atoms with Gasteiger partial charge in [-0.15, -0.1) is 30.6 Å². The van der Waals surface area contributed by atoms with Gasteiger partial charge in [-0.3, -0.25) is 4.99 Å². The maximum absolute atomic E-state index is 12.2. The minimum Gasteiger partial charge on any atom is -0.444 e. The average molecular weight is 438 g/mol. The minimum atomic E-state index is -0.464. The minimum absolute atomic E-state index is 0. The third kappa shape index (κ3) is 9.68. The first kappa shape index (κ1) is 22.0. The SMILES string of the molecule is C=CCNC(=NCCN(C(=O)OC(C)(C)C)C1CC1)NCC.I. The maximum Gasteiger partial charge on any atom is 0.410 e. The monoisotopic (exact) mass is 438 g/mol. The van der Waals surface area contributed by atoms with Gasteiger partial charge in [-0.25, -0.2) is 4.79 Å². The molecule has 0 unspecified atom stereocenters. The molecule has 1 aliphatic carbocycles.